The van der Waals surface area contributed by atoms with Crippen molar-refractivity contribution < 1.29 is 14.4 Å². The first kappa shape index (κ1) is 27.2. The number of hydrogen-bond acceptors (Lipinski definition) is 4. The molecule has 4 aromatic rings. The van der Waals surface area contributed by atoms with Crippen molar-refractivity contribution in [3.05, 3.63) is 136 Å². The largest absolute Gasteiger partial charge is 0.321 e. The van der Waals surface area contributed by atoms with Gasteiger partial charge >= 0.3 is 0 Å². The van der Waals surface area contributed by atoms with Gasteiger partial charge in [-0.25, -0.2) is 0 Å². The molecular formula is C30H22Cl2N2O3S. The van der Waals surface area contributed by atoms with Gasteiger partial charge in [-0.1, -0.05) is 65.7 Å². The number of thioether (sulfide) groups is 1. The Hall–Kier alpha value is -3.84. The van der Waals surface area contributed by atoms with Gasteiger partial charge in [-0.05, 0) is 72.3 Å². The molecule has 2 amide bonds. The van der Waals surface area contributed by atoms with Crippen LogP contribution in [0.3, 0.4) is 0 Å². The van der Waals surface area contributed by atoms with Crippen molar-refractivity contribution in [2.45, 2.75) is 4.90 Å². The van der Waals surface area contributed by atoms with Gasteiger partial charge in [0.2, 0.25) is 0 Å². The first-order chi connectivity index (χ1) is 18.4. The third-order valence-corrected chi connectivity index (χ3v) is 6.96. The molecule has 0 fully saturated rings. The van der Waals surface area contributed by atoms with E-state index < -0.39 is 11.8 Å². The predicted molar refractivity (Wildman–Crippen MR) is 155 cm³/mol. The topological polar surface area (TPSA) is 75.3 Å². The standard InChI is InChI=1S/C30H22Cl2N2O3S/c31-22-12-10-20(11-13-22)18-27(34-29(36)21-6-2-1-3-7-21)30(37)33-23-14-16-24(17-15-23)38-19-28(35)25-8-4-5-9-26(25)32/h1-18H,19H2,(H,33,37)(H,34,36)/b27-18-. The zero-order chi connectivity index (χ0) is 26.9. The number of nitrogens with one attached hydrogen (secondary N) is 2. The molecule has 0 unspecified atom stereocenters. The average molecular weight is 561 g/mol. The predicted octanol–water partition coefficient (Wildman–Crippen LogP) is 7.38. The van der Waals surface area contributed by atoms with E-state index in [4.69, 9.17) is 23.2 Å². The highest BCUT2D eigenvalue weighted by atomic mass is 35.5. The Balaban J connectivity index is 1.44. The number of rotatable bonds is 9. The summed E-state index contributed by atoms with van der Waals surface area (Å²) in [5, 5.41) is 6.51. The summed E-state index contributed by atoms with van der Waals surface area (Å²) in [6.07, 6.45) is 1.58. The highest BCUT2D eigenvalue weighted by molar-refractivity contribution is 8.00. The summed E-state index contributed by atoms with van der Waals surface area (Å²) in [5.74, 6) is -0.729. The van der Waals surface area contributed by atoms with Crippen molar-refractivity contribution in [2.24, 2.45) is 0 Å². The Morgan fingerprint density at radius 1 is 0.763 bits per heavy atom. The van der Waals surface area contributed by atoms with Crippen LogP contribution in [0.4, 0.5) is 5.69 Å². The van der Waals surface area contributed by atoms with Gasteiger partial charge in [-0.2, -0.15) is 0 Å². The monoisotopic (exact) mass is 560 g/mol. The van der Waals surface area contributed by atoms with Crippen LogP contribution >= 0.6 is 35.0 Å². The summed E-state index contributed by atoms with van der Waals surface area (Å²) in [7, 11) is 0. The van der Waals surface area contributed by atoms with Crippen LogP contribution in [0.25, 0.3) is 6.08 Å². The van der Waals surface area contributed by atoms with Crippen LogP contribution in [-0.4, -0.2) is 23.4 Å². The van der Waals surface area contributed by atoms with E-state index in [-0.39, 0.29) is 17.2 Å². The zero-order valence-electron chi connectivity index (χ0n) is 20.0. The highest BCUT2D eigenvalue weighted by Gasteiger charge is 2.15. The molecule has 2 N–H and O–H groups in total. The van der Waals surface area contributed by atoms with Gasteiger partial charge in [0.15, 0.2) is 5.78 Å². The first-order valence-corrected chi connectivity index (χ1v) is 13.3. The molecule has 0 radical (unpaired) electrons. The van der Waals surface area contributed by atoms with Gasteiger partial charge in [0.25, 0.3) is 11.8 Å². The van der Waals surface area contributed by atoms with Crippen LogP contribution in [0.1, 0.15) is 26.3 Å². The minimum absolute atomic E-state index is 0.0656. The van der Waals surface area contributed by atoms with Crippen molar-refractivity contribution in [1.82, 2.24) is 5.32 Å². The summed E-state index contributed by atoms with van der Waals surface area (Å²) in [6.45, 7) is 0. The molecule has 0 spiro atoms. The molecule has 4 aromatic carbocycles. The fourth-order valence-corrected chi connectivity index (χ4v) is 4.56. The number of carbonyl (C=O) groups is 3. The van der Waals surface area contributed by atoms with E-state index in [1.165, 1.54) is 11.8 Å². The van der Waals surface area contributed by atoms with Gasteiger partial charge in [0.05, 0.1) is 10.8 Å². The number of hydrogen-bond donors (Lipinski definition) is 2. The van der Waals surface area contributed by atoms with Gasteiger partial charge in [0.1, 0.15) is 5.70 Å². The molecule has 8 heteroatoms. The van der Waals surface area contributed by atoms with E-state index in [2.05, 4.69) is 10.6 Å². The number of halogens is 2. The van der Waals surface area contributed by atoms with Crippen molar-refractivity contribution in [3.8, 4) is 0 Å². The second-order valence-electron chi connectivity index (χ2n) is 8.10. The van der Waals surface area contributed by atoms with Gasteiger partial charge in [0, 0.05) is 26.7 Å². The summed E-state index contributed by atoms with van der Waals surface area (Å²) in [6, 6.07) is 29.6. The molecule has 0 saturated carbocycles. The molecule has 0 heterocycles. The van der Waals surface area contributed by atoms with Gasteiger partial charge < -0.3 is 10.6 Å². The fraction of sp³-hybridized carbons (Fsp3) is 0.0333. The lowest BCUT2D eigenvalue weighted by atomic mass is 10.1. The van der Waals surface area contributed by atoms with E-state index in [1.807, 2.05) is 18.2 Å². The summed E-state index contributed by atoms with van der Waals surface area (Å²) in [5.41, 5.74) is 2.22. The Bertz CT molecular complexity index is 1470. The van der Waals surface area contributed by atoms with Crippen LogP contribution in [0.15, 0.2) is 114 Å². The van der Waals surface area contributed by atoms with E-state index in [0.29, 0.717) is 32.4 Å². The number of benzene rings is 4. The minimum Gasteiger partial charge on any atom is -0.321 e. The highest BCUT2D eigenvalue weighted by Crippen LogP contribution is 2.24. The van der Waals surface area contributed by atoms with E-state index in [0.717, 1.165) is 4.90 Å². The number of carbonyl (C=O) groups excluding carboxylic acids is 3. The van der Waals surface area contributed by atoms with Crippen molar-refractivity contribution in [2.75, 3.05) is 11.1 Å². The minimum atomic E-state index is -0.487. The van der Waals surface area contributed by atoms with E-state index in [1.54, 1.807) is 91.0 Å². The third kappa shape index (κ3) is 7.59. The molecule has 5 nitrogen and oxygen atoms in total. The molecule has 0 aliphatic heterocycles. The Morgan fingerprint density at radius 3 is 2.11 bits per heavy atom. The van der Waals surface area contributed by atoms with Crippen molar-refractivity contribution in [3.63, 3.8) is 0 Å². The lowest BCUT2D eigenvalue weighted by molar-refractivity contribution is -0.113. The van der Waals surface area contributed by atoms with Crippen LogP contribution < -0.4 is 10.6 Å². The van der Waals surface area contributed by atoms with E-state index >= 15 is 0 Å². The lowest BCUT2D eigenvalue weighted by Crippen LogP contribution is -2.30. The molecule has 190 valence electrons. The maximum atomic E-state index is 13.2. The van der Waals surface area contributed by atoms with Crippen molar-refractivity contribution in [1.29, 1.82) is 0 Å². The second-order valence-corrected chi connectivity index (χ2v) is 9.99. The lowest BCUT2D eigenvalue weighted by Gasteiger charge is -2.12. The molecule has 0 aliphatic carbocycles. The van der Waals surface area contributed by atoms with Gasteiger partial charge in [-0.3, -0.25) is 14.4 Å². The van der Waals surface area contributed by atoms with Crippen LogP contribution in [-0.2, 0) is 4.79 Å². The van der Waals surface area contributed by atoms with Crippen LogP contribution in [0, 0.1) is 0 Å². The second kappa shape index (κ2) is 13.1. The number of Topliss-reactive ketones (excluding diaryl/α,β-unsaturated/α-hetero) is 1. The number of amides is 2. The molecular weight excluding hydrogens is 539 g/mol. The smallest absolute Gasteiger partial charge is 0.272 e. The normalized spacial score (nSPS) is 11.1. The average Bonchev–Trinajstić information content (AvgIpc) is 2.94. The van der Waals surface area contributed by atoms with Crippen LogP contribution in [0.2, 0.25) is 10.0 Å². The van der Waals surface area contributed by atoms with Crippen LogP contribution in [0.5, 0.6) is 0 Å². The summed E-state index contributed by atoms with van der Waals surface area (Å²) in [4.78, 5) is 39.3. The Morgan fingerprint density at radius 2 is 1.42 bits per heavy atom. The fourth-order valence-electron chi connectivity index (χ4n) is 3.41. The third-order valence-electron chi connectivity index (χ3n) is 5.37. The van der Waals surface area contributed by atoms with E-state index in [9.17, 15) is 14.4 Å². The zero-order valence-corrected chi connectivity index (χ0v) is 22.3. The molecule has 0 bridgehead atoms. The SMILES string of the molecule is O=C(Nc1ccc(SCC(=O)c2ccccc2Cl)cc1)/C(=C/c1ccc(Cl)cc1)NC(=O)c1ccccc1. The van der Waals surface area contributed by atoms with Crippen molar-refractivity contribution >= 4 is 64.3 Å². The maximum absolute atomic E-state index is 13.2. The number of ketones is 1. The molecule has 4 rings (SSSR count). The summed E-state index contributed by atoms with van der Waals surface area (Å²) >= 11 is 13.5. The molecule has 0 aliphatic rings. The quantitative estimate of drug-likeness (QED) is 0.127. The molecule has 0 atom stereocenters. The Kier molecular flexibility index (Phi) is 9.38. The molecule has 38 heavy (non-hydrogen) atoms. The molecule has 0 aromatic heterocycles. The van der Waals surface area contributed by atoms with Gasteiger partial charge in [-0.15, -0.1) is 11.8 Å². The molecule has 0 saturated heterocycles. The number of anilines is 1. The Labute approximate surface area is 234 Å². The first-order valence-electron chi connectivity index (χ1n) is 11.5. The maximum Gasteiger partial charge on any atom is 0.272 e. The summed E-state index contributed by atoms with van der Waals surface area (Å²) < 4.78 is 0.